The topological polar surface area (TPSA) is 52.6 Å². The van der Waals surface area contributed by atoms with E-state index in [1.807, 2.05) is 23.1 Å². The number of fused-ring (bicyclic) bond motifs is 1. The maximum atomic E-state index is 5.78. The molecule has 2 N–H and O–H groups in total. The van der Waals surface area contributed by atoms with Crippen molar-refractivity contribution in [2.24, 2.45) is 5.73 Å². The van der Waals surface area contributed by atoms with Crippen LogP contribution >= 0.6 is 12.2 Å². The fraction of sp³-hybridized carbons (Fsp3) is 0.308. The number of hydrogen-bond acceptors (Lipinski definition) is 3. The molecule has 1 radical (unpaired) electrons. The first-order chi connectivity index (χ1) is 8.79. The lowest BCUT2D eigenvalue weighted by Crippen LogP contribution is -2.45. The molecule has 0 bridgehead atoms. The third-order valence-corrected chi connectivity index (χ3v) is 3.58. The highest BCUT2D eigenvalue weighted by atomic mass is 32.1. The van der Waals surface area contributed by atoms with E-state index in [4.69, 9.17) is 22.7 Å². The van der Waals surface area contributed by atoms with Gasteiger partial charge in [0.1, 0.15) is 12.4 Å². The molecule has 93 valence electrons. The van der Waals surface area contributed by atoms with Gasteiger partial charge in [0, 0.05) is 13.0 Å². The summed E-state index contributed by atoms with van der Waals surface area (Å²) in [5.74, 6) is 0.967. The van der Waals surface area contributed by atoms with Gasteiger partial charge >= 0.3 is 0 Å². The first-order valence-corrected chi connectivity index (χ1v) is 6.34. The second-order valence-electron chi connectivity index (χ2n) is 4.38. The van der Waals surface area contributed by atoms with Gasteiger partial charge in [-0.05, 0) is 23.8 Å². The van der Waals surface area contributed by atoms with Gasteiger partial charge in [0.05, 0.1) is 17.9 Å². The molecule has 0 saturated carbocycles. The number of thiocarbonyl (C=S) groups is 1. The van der Waals surface area contributed by atoms with Crippen molar-refractivity contribution in [2.75, 3.05) is 13.2 Å². The van der Waals surface area contributed by atoms with Crippen LogP contribution < -0.4 is 15.8 Å². The molecule has 2 aliphatic rings. The first kappa shape index (κ1) is 11.5. The van der Waals surface area contributed by atoms with Crippen molar-refractivity contribution in [1.82, 2.24) is 10.2 Å². The lowest BCUT2D eigenvalue weighted by molar-refractivity contribution is 0.197. The Labute approximate surface area is 111 Å². The maximum Gasteiger partial charge on any atom is 0.200 e. The van der Waals surface area contributed by atoms with Crippen molar-refractivity contribution in [1.29, 1.82) is 0 Å². The van der Waals surface area contributed by atoms with Crippen LogP contribution in [-0.4, -0.2) is 29.2 Å². The molecule has 0 fully saturated rings. The number of para-hydroxylation sites is 1. The van der Waals surface area contributed by atoms with E-state index in [0.717, 1.165) is 17.9 Å². The van der Waals surface area contributed by atoms with Crippen LogP contribution in [0.2, 0.25) is 0 Å². The van der Waals surface area contributed by atoms with E-state index in [9.17, 15) is 0 Å². The Kier molecular flexibility index (Phi) is 2.93. The van der Waals surface area contributed by atoms with Gasteiger partial charge in [-0.25, -0.2) is 5.32 Å². The number of nitrogens with zero attached hydrogens (tertiary/aromatic N) is 2. The quantitative estimate of drug-likeness (QED) is 0.806. The van der Waals surface area contributed by atoms with Gasteiger partial charge in [-0.3, -0.25) is 0 Å². The third-order valence-electron chi connectivity index (χ3n) is 3.27. The standard InChI is InChI=1S/C13H14N3OS/c14-6-11-7-15-13(18)16(11)10-5-9-3-1-2-4-12(9)17-8-10/h1-4,7,10H,5-6,8,14H2. The van der Waals surface area contributed by atoms with E-state index >= 15 is 0 Å². The van der Waals surface area contributed by atoms with Gasteiger partial charge in [0.2, 0.25) is 0 Å². The summed E-state index contributed by atoms with van der Waals surface area (Å²) in [5.41, 5.74) is 7.89. The van der Waals surface area contributed by atoms with Crippen LogP contribution in [0.25, 0.3) is 0 Å². The van der Waals surface area contributed by atoms with Crippen molar-refractivity contribution in [3.05, 3.63) is 41.7 Å². The van der Waals surface area contributed by atoms with Gasteiger partial charge in [-0.15, -0.1) is 0 Å². The van der Waals surface area contributed by atoms with E-state index in [-0.39, 0.29) is 6.04 Å². The average Bonchev–Trinajstić information content (AvgIpc) is 2.79. The second-order valence-corrected chi connectivity index (χ2v) is 4.75. The monoisotopic (exact) mass is 260 g/mol. The maximum absolute atomic E-state index is 5.78. The van der Waals surface area contributed by atoms with Crippen LogP contribution in [-0.2, 0) is 6.42 Å². The molecule has 0 aromatic heterocycles. The molecule has 1 aromatic carbocycles. The number of ether oxygens (including phenoxy) is 1. The van der Waals surface area contributed by atoms with Gasteiger partial charge in [-0.1, -0.05) is 18.2 Å². The van der Waals surface area contributed by atoms with E-state index in [2.05, 4.69) is 11.4 Å². The molecule has 5 heteroatoms. The predicted molar refractivity (Wildman–Crippen MR) is 73.1 cm³/mol. The zero-order valence-corrected chi connectivity index (χ0v) is 10.7. The minimum absolute atomic E-state index is 0.188. The Hall–Kier alpha value is -1.59. The molecule has 0 saturated heterocycles. The summed E-state index contributed by atoms with van der Waals surface area (Å²) < 4.78 is 5.78. The highest BCUT2D eigenvalue weighted by molar-refractivity contribution is 7.80. The van der Waals surface area contributed by atoms with E-state index < -0.39 is 0 Å². The lowest BCUT2D eigenvalue weighted by atomic mass is 10.0. The predicted octanol–water partition coefficient (Wildman–Crippen LogP) is 0.995. The van der Waals surface area contributed by atoms with Crippen LogP contribution in [0.4, 0.5) is 0 Å². The Bertz CT molecular complexity index is 515. The summed E-state index contributed by atoms with van der Waals surface area (Å²) in [5, 5.41) is 4.75. The number of benzene rings is 1. The molecule has 18 heavy (non-hydrogen) atoms. The zero-order chi connectivity index (χ0) is 12.5. The molecule has 2 heterocycles. The Morgan fingerprint density at radius 1 is 1.44 bits per heavy atom. The normalized spacial score (nSPS) is 22.1. The number of rotatable bonds is 2. The Morgan fingerprint density at radius 3 is 3.11 bits per heavy atom. The molecule has 0 aliphatic carbocycles. The van der Waals surface area contributed by atoms with Crippen LogP contribution in [0.15, 0.2) is 36.2 Å². The summed E-state index contributed by atoms with van der Waals surface area (Å²) in [7, 11) is 0. The van der Waals surface area contributed by atoms with Crippen molar-refractivity contribution in [3.63, 3.8) is 0 Å². The molecular formula is C13H14N3OS. The molecule has 1 unspecified atom stereocenters. The Morgan fingerprint density at radius 2 is 2.28 bits per heavy atom. The third kappa shape index (κ3) is 1.85. The van der Waals surface area contributed by atoms with Crippen LogP contribution in [0, 0.1) is 0 Å². The second kappa shape index (κ2) is 4.59. The minimum Gasteiger partial charge on any atom is -0.491 e. The molecule has 1 aromatic rings. The average molecular weight is 260 g/mol. The summed E-state index contributed by atoms with van der Waals surface area (Å²) in [6.07, 6.45) is 2.66. The summed E-state index contributed by atoms with van der Waals surface area (Å²) >= 11 is 5.26. The number of hydrogen-bond donors (Lipinski definition) is 1. The van der Waals surface area contributed by atoms with E-state index in [0.29, 0.717) is 18.3 Å². The van der Waals surface area contributed by atoms with Crippen LogP contribution in [0.3, 0.4) is 0 Å². The minimum atomic E-state index is 0.188. The molecule has 2 aliphatic heterocycles. The molecule has 1 atom stereocenters. The summed E-state index contributed by atoms with van der Waals surface area (Å²) in [6, 6.07) is 8.28. The highest BCUT2D eigenvalue weighted by Crippen LogP contribution is 2.28. The van der Waals surface area contributed by atoms with Crippen LogP contribution in [0.5, 0.6) is 5.75 Å². The SMILES string of the molecule is NCC1=C[N]C(=S)N1C1COc2ccccc2C1. The van der Waals surface area contributed by atoms with Crippen molar-refractivity contribution in [2.45, 2.75) is 12.5 Å². The first-order valence-electron chi connectivity index (χ1n) is 5.93. The van der Waals surface area contributed by atoms with E-state index in [1.165, 1.54) is 5.56 Å². The van der Waals surface area contributed by atoms with Crippen molar-refractivity contribution < 1.29 is 4.74 Å². The molecular weight excluding hydrogens is 246 g/mol. The largest absolute Gasteiger partial charge is 0.491 e. The molecule has 0 spiro atoms. The smallest absolute Gasteiger partial charge is 0.200 e. The van der Waals surface area contributed by atoms with Gasteiger partial charge in [-0.2, -0.15) is 0 Å². The molecule has 3 rings (SSSR count). The van der Waals surface area contributed by atoms with Gasteiger partial charge < -0.3 is 15.4 Å². The van der Waals surface area contributed by atoms with Crippen molar-refractivity contribution in [3.8, 4) is 5.75 Å². The number of nitrogens with two attached hydrogens (primary N) is 1. The summed E-state index contributed by atoms with van der Waals surface area (Å²) in [4.78, 5) is 2.02. The fourth-order valence-electron chi connectivity index (χ4n) is 2.40. The Balaban J connectivity index is 1.84. The van der Waals surface area contributed by atoms with Gasteiger partial charge in [0.25, 0.3) is 0 Å². The van der Waals surface area contributed by atoms with Gasteiger partial charge in [0.15, 0.2) is 5.11 Å². The van der Waals surface area contributed by atoms with Crippen LogP contribution in [0.1, 0.15) is 5.56 Å². The zero-order valence-electron chi connectivity index (χ0n) is 9.87. The molecule has 4 nitrogen and oxygen atoms in total. The highest BCUT2D eigenvalue weighted by Gasteiger charge is 2.32. The van der Waals surface area contributed by atoms with E-state index in [1.54, 1.807) is 6.20 Å². The summed E-state index contributed by atoms with van der Waals surface area (Å²) in [6.45, 7) is 1.06. The van der Waals surface area contributed by atoms with Crippen molar-refractivity contribution >= 4 is 17.3 Å². The lowest BCUT2D eigenvalue weighted by Gasteiger charge is -2.34. The fourth-order valence-corrected chi connectivity index (χ4v) is 2.72. The molecule has 0 amide bonds.